The van der Waals surface area contributed by atoms with Gasteiger partial charge in [0, 0.05) is 6.54 Å². The summed E-state index contributed by atoms with van der Waals surface area (Å²) in [6, 6.07) is 7.76. The number of aliphatic hydroxyl groups is 1. The molecule has 1 aromatic carbocycles. The summed E-state index contributed by atoms with van der Waals surface area (Å²) in [6.45, 7) is 3.38. The molecule has 0 bridgehead atoms. The zero-order valence-corrected chi connectivity index (χ0v) is 10.7. The molecule has 0 unspecified atom stereocenters. The van der Waals surface area contributed by atoms with E-state index in [9.17, 15) is 9.90 Å². The molecule has 3 N–H and O–H groups in total. The molecule has 0 aromatic heterocycles. The van der Waals surface area contributed by atoms with E-state index in [-0.39, 0.29) is 5.91 Å². The highest BCUT2D eigenvalue weighted by atomic mass is 16.3. The number of hydrogen-bond donors (Lipinski definition) is 2. The second-order valence-electron chi connectivity index (χ2n) is 5.03. The standard InChI is InChI=1S/C14H20N2O2/c1-2-14(18)9-16(10-14)13(17)7-11-3-5-12(8-15)6-4-11/h3-6,18H,2,7-10,15H2,1H3. The summed E-state index contributed by atoms with van der Waals surface area (Å²) in [6.07, 6.45) is 1.09. The molecule has 0 saturated carbocycles. The third-order valence-corrected chi connectivity index (χ3v) is 3.60. The van der Waals surface area contributed by atoms with Crippen molar-refractivity contribution in [2.45, 2.75) is 31.9 Å². The van der Waals surface area contributed by atoms with Crippen molar-refractivity contribution in [1.29, 1.82) is 0 Å². The van der Waals surface area contributed by atoms with Gasteiger partial charge in [-0.2, -0.15) is 0 Å². The summed E-state index contributed by atoms with van der Waals surface area (Å²) in [5.74, 6) is 0.0774. The van der Waals surface area contributed by atoms with Crippen LogP contribution >= 0.6 is 0 Å². The molecule has 1 heterocycles. The molecule has 98 valence electrons. The van der Waals surface area contributed by atoms with E-state index in [1.54, 1.807) is 4.90 Å². The third kappa shape index (κ3) is 2.71. The maximum Gasteiger partial charge on any atom is 0.227 e. The van der Waals surface area contributed by atoms with Crippen LogP contribution in [0, 0.1) is 0 Å². The largest absolute Gasteiger partial charge is 0.386 e. The Morgan fingerprint density at radius 3 is 2.39 bits per heavy atom. The van der Waals surface area contributed by atoms with Gasteiger partial charge in [-0.25, -0.2) is 0 Å². The molecule has 1 fully saturated rings. The number of nitrogens with two attached hydrogens (primary N) is 1. The van der Waals surface area contributed by atoms with Crippen molar-refractivity contribution in [1.82, 2.24) is 4.90 Å². The minimum Gasteiger partial charge on any atom is -0.386 e. The number of amides is 1. The van der Waals surface area contributed by atoms with E-state index < -0.39 is 5.60 Å². The van der Waals surface area contributed by atoms with Gasteiger partial charge < -0.3 is 15.7 Å². The Kier molecular flexibility index (Phi) is 3.68. The Balaban J connectivity index is 1.88. The molecule has 1 aliphatic rings. The summed E-state index contributed by atoms with van der Waals surface area (Å²) in [5.41, 5.74) is 6.92. The molecule has 1 aromatic rings. The quantitative estimate of drug-likeness (QED) is 0.823. The fourth-order valence-electron chi connectivity index (χ4n) is 2.14. The highest BCUT2D eigenvalue weighted by molar-refractivity contribution is 5.79. The highest BCUT2D eigenvalue weighted by Gasteiger charge is 2.41. The van der Waals surface area contributed by atoms with Gasteiger partial charge in [0.1, 0.15) is 0 Å². The maximum atomic E-state index is 11.9. The van der Waals surface area contributed by atoms with E-state index >= 15 is 0 Å². The summed E-state index contributed by atoms with van der Waals surface area (Å²) < 4.78 is 0. The first kappa shape index (κ1) is 13.1. The van der Waals surface area contributed by atoms with Crippen LogP contribution in [-0.4, -0.2) is 34.6 Å². The molecule has 0 radical (unpaired) electrons. The van der Waals surface area contributed by atoms with Crippen LogP contribution in [0.1, 0.15) is 24.5 Å². The number of carbonyl (C=O) groups is 1. The molecule has 2 rings (SSSR count). The average molecular weight is 248 g/mol. The van der Waals surface area contributed by atoms with Crippen LogP contribution in [0.2, 0.25) is 0 Å². The summed E-state index contributed by atoms with van der Waals surface area (Å²) >= 11 is 0. The van der Waals surface area contributed by atoms with E-state index in [1.165, 1.54) is 0 Å². The first-order chi connectivity index (χ1) is 8.56. The molecule has 4 heteroatoms. The predicted molar refractivity (Wildman–Crippen MR) is 69.9 cm³/mol. The molecule has 0 aliphatic carbocycles. The van der Waals surface area contributed by atoms with Gasteiger partial charge in [-0.05, 0) is 17.5 Å². The second kappa shape index (κ2) is 5.08. The maximum absolute atomic E-state index is 11.9. The molecular weight excluding hydrogens is 228 g/mol. The summed E-state index contributed by atoms with van der Waals surface area (Å²) in [7, 11) is 0. The van der Waals surface area contributed by atoms with Crippen LogP contribution < -0.4 is 5.73 Å². The van der Waals surface area contributed by atoms with E-state index in [0.717, 1.165) is 11.1 Å². The molecule has 0 spiro atoms. The lowest BCUT2D eigenvalue weighted by molar-refractivity contribution is -0.155. The molecular formula is C14H20N2O2. The minimum absolute atomic E-state index is 0.0774. The number of β-amino-alcohol motifs (C(OH)–C–C–N with tert-alkyl or cyclic N) is 1. The third-order valence-electron chi connectivity index (χ3n) is 3.60. The number of benzene rings is 1. The molecule has 0 atom stereocenters. The van der Waals surface area contributed by atoms with Crippen molar-refractivity contribution in [2.24, 2.45) is 5.73 Å². The lowest BCUT2D eigenvalue weighted by atomic mass is 9.91. The Bertz CT molecular complexity index is 422. The molecule has 18 heavy (non-hydrogen) atoms. The van der Waals surface area contributed by atoms with Crippen molar-refractivity contribution in [3.63, 3.8) is 0 Å². The highest BCUT2D eigenvalue weighted by Crippen LogP contribution is 2.24. The zero-order chi connectivity index (χ0) is 13.2. The lowest BCUT2D eigenvalue weighted by Gasteiger charge is -2.46. The first-order valence-electron chi connectivity index (χ1n) is 6.34. The van der Waals surface area contributed by atoms with Gasteiger partial charge in [-0.3, -0.25) is 4.79 Å². The number of hydrogen-bond acceptors (Lipinski definition) is 3. The smallest absolute Gasteiger partial charge is 0.227 e. The van der Waals surface area contributed by atoms with Gasteiger partial charge in [0.25, 0.3) is 0 Å². The van der Waals surface area contributed by atoms with Crippen LogP contribution in [0.15, 0.2) is 24.3 Å². The van der Waals surface area contributed by atoms with Crippen LogP contribution in [0.3, 0.4) is 0 Å². The molecule has 1 amide bonds. The van der Waals surface area contributed by atoms with E-state index in [2.05, 4.69) is 0 Å². The first-order valence-corrected chi connectivity index (χ1v) is 6.34. The topological polar surface area (TPSA) is 66.6 Å². The fraction of sp³-hybridized carbons (Fsp3) is 0.500. The van der Waals surface area contributed by atoms with Crippen molar-refractivity contribution in [3.8, 4) is 0 Å². The zero-order valence-electron chi connectivity index (χ0n) is 10.7. The lowest BCUT2D eigenvalue weighted by Crippen LogP contribution is -2.63. The van der Waals surface area contributed by atoms with Gasteiger partial charge in [0.15, 0.2) is 0 Å². The average Bonchev–Trinajstić information content (AvgIpc) is 2.35. The molecule has 4 nitrogen and oxygen atoms in total. The second-order valence-corrected chi connectivity index (χ2v) is 5.03. The van der Waals surface area contributed by atoms with Gasteiger partial charge in [-0.1, -0.05) is 31.2 Å². The van der Waals surface area contributed by atoms with E-state index in [0.29, 0.717) is 32.5 Å². The number of nitrogens with zero attached hydrogens (tertiary/aromatic N) is 1. The minimum atomic E-state index is -0.654. The van der Waals surface area contributed by atoms with Gasteiger partial charge >= 0.3 is 0 Å². The van der Waals surface area contributed by atoms with Crippen LogP contribution in [0.4, 0.5) is 0 Å². The van der Waals surface area contributed by atoms with Crippen molar-refractivity contribution < 1.29 is 9.90 Å². The van der Waals surface area contributed by atoms with Gasteiger partial charge in [0.2, 0.25) is 5.91 Å². The number of carbonyl (C=O) groups excluding carboxylic acids is 1. The van der Waals surface area contributed by atoms with Gasteiger partial charge in [-0.15, -0.1) is 0 Å². The number of likely N-dealkylation sites (tertiary alicyclic amines) is 1. The Morgan fingerprint density at radius 2 is 1.89 bits per heavy atom. The molecule has 1 saturated heterocycles. The van der Waals surface area contributed by atoms with Crippen LogP contribution in [0.25, 0.3) is 0 Å². The van der Waals surface area contributed by atoms with E-state index in [1.807, 2.05) is 31.2 Å². The van der Waals surface area contributed by atoms with Crippen molar-refractivity contribution in [2.75, 3.05) is 13.1 Å². The summed E-state index contributed by atoms with van der Waals surface area (Å²) in [5, 5.41) is 9.86. The van der Waals surface area contributed by atoms with Crippen molar-refractivity contribution >= 4 is 5.91 Å². The Labute approximate surface area is 107 Å². The monoisotopic (exact) mass is 248 g/mol. The molecule has 1 aliphatic heterocycles. The predicted octanol–water partition coefficient (Wildman–Crippen LogP) is 0.671. The Morgan fingerprint density at radius 1 is 1.33 bits per heavy atom. The van der Waals surface area contributed by atoms with Gasteiger partial charge in [0.05, 0.1) is 25.1 Å². The summed E-state index contributed by atoms with van der Waals surface area (Å²) in [4.78, 5) is 13.7. The Hall–Kier alpha value is -1.39. The van der Waals surface area contributed by atoms with Crippen LogP contribution in [-0.2, 0) is 17.8 Å². The van der Waals surface area contributed by atoms with E-state index in [4.69, 9.17) is 5.73 Å². The number of rotatable bonds is 4. The normalized spacial score (nSPS) is 17.4. The van der Waals surface area contributed by atoms with Crippen LogP contribution in [0.5, 0.6) is 0 Å². The SMILES string of the molecule is CCC1(O)CN(C(=O)Cc2ccc(CN)cc2)C1. The van der Waals surface area contributed by atoms with Crippen molar-refractivity contribution in [3.05, 3.63) is 35.4 Å². The fourth-order valence-corrected chi connectivity index (χ4v) is 2.14.